The topological polar surface area (TPSA) is 12.5 Å². The molecule has 0 amide bonds. The molecule has 0 saturated heterocycles. The van der Waals surface area contributed by atoms with E-state index >= 15 is 0 Å². The third-order valence-corrected chi connectivity index (χ3v) is 2.79. The zero-order valence-electron chi connectivity index (χ0n) is 7.37. The summed E-state index contributed by atoms with van der Waals surface area (Å²) in [6, 6.07) is 3.87. The van der Waals surface area contributed by atoms with Crippen molar-refractivity contribution < 1.29 is 4.74 Å². The van der Waals surface area contributed by atoms with Crippen molar-refractivity contribution >= 4 is 22.9 Å². The SMILES string of the molecule is COC(c1ccc(Cl)s1)N(C)C. The third kappa shape index (κ3) is 2.20. The van der Waals surface area contributed by atoms with Gasteiger partial charge in [-0.15, -0.1) is 11.3 Å². The standard InChI is InChI=1S/C8H12ClNOS/c1-10(2)8(11-3)6-4-5-7(9)12-6/h4-5,8H,1-3H3. The predicted molar refractivity (Wildman–Crippen MR) is 52.8 cm³/mol. The van der Waals surface area contributed by atoms with Gasteiger partial charge in [0.25, 0.3) is 0 Å². The Bertz CT molecular complexity index is 249. The van der Waals surface area contributed by atoms with Crippen molar-refractivity contribution in [2.24, 2.45) is 0 Å². The average molecular weight is 206 g/mol. The van der Waals surface area contributed by atoms with E-state index in [4.69, 9.17) is 16.3 Å². The molecule has 0 fully saturated rings. The average Bonchev–Trinajstić information content (AvgIpc) is 2.37. The van der Waals surface area contributed by atoms with Crippen molar-refractivity contribution in [3.63, 3.8) is 0 Å². The summed E-state index contributed by atoms with van der Waals surface area (Å²) in [5.74, 6) is 0. The highest BCUT2D eigenvalue weighted by molar-refractivity contribution is 7.16. The first-order valence-corrected chi connectivity index (χ1v) is 4.79. The molecule has 1 rings (SSSR count). The molecule has 0 aliphatic carbocycles. The van der Waals surface area contributed by atoms with E-state index in [0.29, 0.717) is 0 Å². The van der Waals surface area contributed by atoms with E-state index in [1.807, 2.05) is 31.1 Å². The highest BCUT2D eigenvalue weighted by Gasteiger charge is 2.14. The number of thiophene rings is 1. The van der Waals surface area contributed by atoms with Gasteiger partial charge in [-0.1, -0.05) is 11.6 Å². The van der Waals surface area contributed by atoms with Crippen LogP contribution in [0, 0.1) is 0 Å². The number of nitrogens with zero attached hydrogens (tertiary/aromatic N) is 1. The van der Waals surface area contributed by atoms with Crippen LogP contribution in [-0.2, 0) is 4.74 Å². The first-order chi connectivity index (χ1) is 5.65. The molecule has 2 nitrogen and oxygen atoms in total. The van der Waals surface area contributed by atoms with Gasteiger partial charge in [-0.05, 0) is 26.2 Å². The van der Waals surface area contributed by atoms with Gasteiger partial charge in [-0.25, -0.2) is 0 Å². The van der Waals surface area contributed by atoms with Crippen molar-refractivity contribution in [2.45, 2.75) is 6.23 Å². The first-order valence-electron chi connectivity index (χ1n) is 3.59. The van der Waals surface area contributed by atoms with Gasteiger partial charge in [0.15, 0.2) is 0 Å². The van der Waals surface area contributed by atoms with Crippen LogP contribution in [-0.4, -0.2) is 26.1 Å². The molecule has 0 radical (unpaired) electrons. The minimum absolute atomic E-state index is 0.0162. The number of rotatable bonds is 3. The van der Waals surface area contributed by atoms with Gasteiger partial charge in [0.2, 0.25) is 0 Å². The number of methoxy groups -OCH3 is 1. The maximum Gasteiger partial charge on any atom is 0.145 e. The minimum atomic E-state index is 0.0162. The summed E-state index contributed by atoms with van der Waals surface area (Å²) < 4.78 is 6.09. The molecule has 0 saturated carbocycles. The largest absolute Gasteiger partial charge is 0.361 e. The number of hydrogen-bond donors (Lipinski definition) is 0. The second-order valence-electron chi connectivity index (χ2n) is 2.69. The predicted octanol–water partition coefficient (Wildman–Crippen LogP) is 2.61. The fraction of sp³-hybridized carbons (Fsp3) is 0.500. The lowest BCUT2D eigenvalue weighted by Crippen LogP contribution is -2.20. The van der Waals surface area contributed by atoms with Crippen LogP contribution in [0.3, 0.4) is 0 Å². The summed E-state index contributed by atoms with van der Waals surface area (Å²) in [5.41, 5.74) is 0. The molecule has 1 unspecified atom stereocenters. The molecule has 1 atom stereocenters. The first kappa shape index (κ1) is 9.99. The molecule has 0 N–H and O–H groups in total. The Morgan fingerprint density at radius 1 is 1.50 bits per heavy atom. The van der Waals surface area contributed by atoms with Gasteiger partial charge in [-0.3, -0.25) is 4.90 Å². The third-order valence-electron chi connectivity index (χ3n) is 1.53. The Labute approximate surface area is 81.7 Å². The quantitative estimate of drug-likeness (QED) is 0.704. The Hall–Kier alpha value is -0.0900. The van der Waals surface area contributed by atoms with Crippen molar-refractivity contribution in [3.8, 4) is 0 Å². The fourth-order valence-corrected chi connectivity index (χ4v) is 2.28. The summed E-state index contributed by atoms with van der Waals surface area (Å²) in [4.78, 5) is 3.13. The van der Waals surface area contributed by atoms with Crippen molar-refractivity contribution in [2.75, 3.05) is 21.2 Å². The zero-order chi connectivity index (χ0) is 9.14. The van der Waals surface area contributed by atoms with E-state index in [-0.39, 0.29) is 6.23 Å². The van der Waals surface area contributed by atoms with Gasteiger partial charge in [0, 0.05) is 12.0 Å². The lowest BCUT2D eigenvalue weighted by atomic mass is 10.4. The van der Waals surface area contributed by atoms with Gasteiger partial charge in [0.05, 0.1) is 4.34 Å². The van der Waals surface area contributed by atoms with Crippen LogP contribution in [0.4, 0.5) is 0 Å². The maximum absolute atomic E-state index is 5.81. The monoisotopic (exact) mass is 205 g/mol. The molecule has 0 aliphatic heterocycles. The Kier molecular flexibility index (Phi) is 3.53. The highest BCUT2D eigenvalue weighted by atomic mass is 35.5. The Balaban J connectivity index is 2.80. The van der Waals surface area contributed by atoms with Crippen LogP contribution in [0.5, 0.6) is 0 Å². The summed E-state index contributed by atoms with van der Waals surface area (Å²) in [7, 11) is 5.64. The molecular weight excluding hydrogens is 194 g/mol. The Morgan fingerprint density at radius 3 is 2.50 bits per heavy atom. The van der Waals surface area contributed by atoms with Crippen molar-refractivity contribution in [1.82, 2.24) is 4.90 Å². The molecule has 0 spiro atoms. The molecule has 12 heavy (non-hydrogen) atoms. The van der Waals surface area contributed by atoms with Crippen LogP contribution < -0.4 is 0 Å². The van der Waals surface area contributed by atoms with Crippen LogP contribution >= 0.6 is 22.9 Å². The molecule has 0 bridgehead atoms. The van der Waals surface area contributed by atoms with Crippen LogP contribution in [0.25, 0.3) is 0 Å². The van der Waals surface area contributed by atoms with E-state index in [1.54, 1.807) is 18.4 Å². The normalized spacial score (nSPS) is 13.8. The Morgan fingerprint density at radius 2 is 2.17 bits per heavy atom. The van der Waals surface area contributed by atoms with E-state index in [2.05, 4.69) is 0 Å². The summed E-state index contributed by atoms with van der Waals surface area (Å²) in [6.07, 6.45) is 0.0162. The maximum atomic E-state index is 5.81. The highest BCUT2D eigenvalue weighted by Crippen LogP contribution is 2.29. The van der Waals surface area contributed by atoms with Crippen LogP contribution in [0.15, 0.2) is 12.1 Å². The number of ether oxygens (including phenoxy) is 1. The summed E-state index contributed by atoms with van der Waals surface area (Å²) in [6.45, 7) is 0. The lowest BCUT2D eigenvalue weighted by Gasteiger charge is -2.20. The van der Waals surface area contributed by atoms with Gasteiger partial charge < -0.3 is 4.74 Å². The second kappa shape index (κ2) is 4.23. The fourth-order valence-electron chi connectivity index (χ4n) is 1.04. The lowest BCUT2D eigenvalue weighted by molar-refractivity contribution is -0.00268. The molecule has 1 aromatic heterocycles. The molecule has 68 valence electrons. The molecular formula is C8H12ClNOS. The smallest absolute Gasteiger partial charge is 0.145 e. The molecule has 1 heterocycles. The van der Waals surface area contributed by atoms with E-state index in [0.717, 1.165) is 9.21 Å². The van der Waals surface area contributed by atoms with Crippen LogP contribution in [0.2, 0.25) is 4.34 Å². The zero-order valence-corrected chi connectivity index (χ0v) is 8.95. The summed E-state index contributed by atoms with van der Waals surface area (Å²) in [5, 5.41) is 0. The van der Waals surface area contributed by atoms with Gasteiger partial charge >= 0.3 is 0 Å². The second-order valence-corrected chi connectivity index (χ2v) is 4.44. The number of hydrogen-bond acceptors (Lipinski definition) is 3. The summed E-state index contributed by atoms with van der Waals surface area (Å²) >= 11 is 7.36. The van der Waals surface area contributed by atoms with Gasteiger partial charge in [-0.2, -0.15) is 0 Å². The van der Waals surface area contributed by atoms with E-state index in [1.165, 1.54) is 0 Å². The van der Waals surface area contributed by atoms with Crippen molar-refractivity contribution in [1.29, 1.82) is 0 Å². The number of halogens is 1. The molecule has 1 aromatic rings. The van der Waals surface area contributed by atoms with E-state index < -0.39 is 0 Å². The molecule has 4 heteroatoms. The molecule has 0 aromatic carbocycles. The minimum Gasteiger partial charge on any atom is -0.361 e. The van der Waals surface area contributed by atoms with Crippen molar-refractivity contribution in [3.05, 3.63) is 21.3 Å². The van der Waals surface area contributed by atoms with Crippen LogP contribution in [0.1, 0.15) is 11.1 Å². The van der Waals surface area contributed by atoms with E-state index in [9.17, 15) is 0 Å². The molecule has 0 aliphatic rings. The van der Waals surface area contributed by atoms with Gasteiger partial charge in [0.1, 0.15) is 6.23 Å².